The number of fused-ring (bicyclic) bond motifs is 1. The van der Waals surface area contributed by atoms with Gasteiger partial charge in [0.2, 0.25) is 5.95 Å². The van der Waals surface area contributed by atoms with E-state index in [9.17, 15) is 18.0 Å². The zero-order chi connectivity index (χ0) is 16.4. The Kier molecular flexibility index (Phi) is 3.77. The van der Waals surface area contributed by atoms with E-state index in [4.69, 9.17) is 0 Å². The van der Waals surface area contributed by atoms with Crippen LogP contribution >= 0.6 is 0 Å². The number of amides is 1. The molecule has 1 N–H and O–H groups in total. The molecule has 0 saturated heterocycles. The average Bonchev–Trinajstić information content (AvgIpc) is 2.95. The Morgan fingerprint density at radius 1 is 1.04 bits per heavy atom. The lowest BCUT2D eigenvalue weighted by Gasteiger charge is -2.21. The van der Waals surface area contributed by atoms with Gasteiger partial charge in [-0.15, -0.1) is 0 Å². The van der Waals surface area contributed by atoms with Gasteiger partial charge in [-0.3, -0.25) is 9.69 Å². The van der Waals surface area contributed by atoms with E-state index in [0.717, 1.165) is 0 Å². The second kappa shape index (κ2) is 5.75. The minimum Gasteiger partial charge on any atom is -0.324 e. The number of para-hydroxylation sites is 2. The molecule has 0 atom stereocenters. The summed E-state index contributed by atoms with van der Waals surface area (Å²) in [5, 5.41) is 0. The van der Waals surface area contributed by atoms with Crippen LogP contribution in [-0.4, -0.2) is 22.1 Å². The highest BCUT2D eigenvalue weighted by Gasteiger charge is 2.44. The molecule has 0 saturated carbocycles. The third-order valence-electron chi connectivity index (χ3n) is 3.30. The van der Waals surface area contributed by atoms with E-state index >= 15 is 0 Å². The van der Waals surface area contributed by atoms with E-state index in [1.807, 2.05) is 0 Å². The number of halogens is 3. The Morgan fingerprint density at radius 2 is 1.70 bits per heavy atom. The largest absolute Gasteiger partial charge is 0.471 e. The molecule has 118 valence electrons. The fraction of sp³-hybridized carbons (Fsp3) is 0.125. The van der Waals surface area contributed by atoms with E-state index in [1.54, 1.807) is 54.6 Å². The monoisotopic (exact) mass is 319 g/mol. The molecule has 0 radical (unpaired) electrons. The van der Waals surface area contributed by atoms with Gasteiger partial charge in [-0.2, -0.15) is 13.2 Å². The minimum atomic E-state index is -4.98. The smallest absolute Gasteiger partial charge is 0.324 e. The first kappa shape index (κ1) is 15.1. The van der Waals surface area contributed by atoms with Gasteiger partial charge in [-0.1, -0.05) is 42.5 Å². The maximum atomic E-state index is 12.9. The third-order valence-corrected chi connectivity index (χ3v) is 3.30. The number of benzene rings is 2. The van der Waals surface area contributed by atoms with Gasteiger partial charge in [0.25, 0.3) is 0 Å². The van der Waals surface area contributed by atoms with E-state index < -0.39 is 12.1 Å². The number of rotatable bonds is 3. The van der Waals surface area contributed by atoms with Crippen LogP contribution in [0.1, 0.15) is 5.56 Å². The van der Waals surface area contributed by atoms with Crippen molar-refractivity contribution in [2.75, 3.05) is 4.90 Å². The summed E-state index contributed by atoms with van der Waals surface area (Å²) in [7, 11) is 0. The summed E-state index contributed by atoms with van der Waals surface area (Å²) >= 11 is 0. The van der Waals surface area contributed by atoms with E-state index in [-0.39, 0.29) is 12.5 Å². The second-order valence-corrected chi connectivity index (χ2v) is 4.95. The van der Waals surface area contributed by atoms with Crippen molar-refractivity contribution in [1.29, 1.82) is 0 Å². The number of hydrogen-bond acceptors (Lipinski definition) is 2. The molecule has 0 aliphatic carbocycles. The molecule has 7 heteroatoms. The maximum absolute atomic E-state index is 12.9. The van der Waals surface area contributed by atoms with Crippen molar-refractivity contribution in [2.45, 2.75) is 12.7 Å². The highest BCUT2D eigenvalue weighted by molar-refractivity contribution is 5.97. The molecule has 0 bridgehead atoms. The van der Waals surface area contributed by atoms with Crippen LogP contribution in [0.5, 0.6) is 0 Å². The summed E-state index contributed by atoms with van der Waals surface area (Å²) in [6.45, 7) is -0.223. The molecule has 4 nitrogen and oxygen atoms in total. The predicted octanol–water partition coefficient (Wildman–Crippen LogP) is 3.66. The Morgan fingerprint density at radius 3 is 2.35 bits per heavy atom. The van der Waals surface area contributed by atoms with Crippen molar-refractivity contribution in [1.82, 2.24) is 9.97 Å². The quantitative estimate of drug-likeness (QED) is 0.801. The number of anilines is 1. The van der Waals surface area contributed by atoms with Gasteiger partial charge in [0.1, 0.15) is 0 Å². The summed E-state index contributed by atoms with van der Waals surface area (Å²) in [5.41, 5.74) is 1.64. The van der Waals surface area contributed by atoms with Crippen LogP contribution < -0.4 is 4.90 Å². The van der Waals surface area contributed by atoms with Crippen molar-refractivity contribution in [3.8, 4) is 0 Å². The number of alkyl halides is 3. The van der Waals surface area contributed by atoms with E-state index in [1.165, 1.54) is 0 Å². The Labute approximate surface area is 129 Å². The lowest BCUT2D eigenvalue weighted by atomic mass is 10.2. The zero-order valence-electron chi connectivity index (χ0n) is 11.8. The van der Waals surface area contributed by atoms with Crippen molar-refractivity contribution < 1.29 is 18.0 Å². The molecule has 0 aliphatic rings. The molecular weight excluding hydrogens is 307 g/mol. The number of nitrogens with one attached hydrogen (secondary N) is 1. The molecule has 1 heterocycles. The third kappa shape index (κ3) is 3.18. The first-order valence-electron chi connectivity index (χ1n) is 6.82. The van der Waals surface area contributed by atoms with Crippen molar-refractivity contribution in [3.05, 3.63) is 60.2 Å². The Balaban J connectivity index is 2.02. The molecule has 23 heavy (non-hydrogen) atoms. The number of carbonyl (C=O) groups is 1. The van der Waals surface area contributed by atoms with Gasteiger partial charge in [0.05, 0.1) is 17.6 Å². The summed E-state index contributed by atoms with van der Waals surface area (Å²) in [6.07, 6.45) is -4.98. The molecule has 3 aromatic rings. The molecule has 0 aliphatic heterocycles. The maximum Gasteiger partial charge on any atom is 0.471 e. The lowest BCUT2D eigenvalue weighted by molar-refractivity contribution is -0.170. The summed E-state index contributed by atoms with van der Waals surface area (Å²) in [5.74, 6) is -2.09. The standard InChI is InChI=1S/C16H12F3N3O/c17-16(18,19)14(23)22(10-11-6-2-1-3-7-11)15-20-12-8-4-5-9-13(12)21-15/h1-9H,10H2,(H,20,21). The average molecular weight is 319 g/mol. The second-order valence-electron chi connectivity index (χ2n) is 4.95. The van der Waals surface area contributed by atoms with Gasteiger partial charge in [0.15, 0.2) is 0 Å². The van der Waals surface area contributed by atoms with Gasteiger partial charge in [0, 0.05) is 0 Å². The number of imidazole rings is 1. The zero-order valence-corrected chi connectivity index (χ0v) is 11.8. The van der Waals surface area contributed by atoms with E-state index in [2.05, 4.69) is 9.97 Å². The van der Waals surface area contributed by atoms with Crippen molar-refractivity contribution >= 4 is 22.9 Å². The molecule has 3 rings (SSSR count). The van der Waals surface area contributed by atoms with Crippen LogP contribution in [0.3, 0.4) is 0 Å². The van der Waals surface area contributed by atoms with Gasteiger partial charge in [-0.25, -0.2) is 4.98 Å². The van der Waals surface area contributed by atoms with Crippen LogP contribution in [-0.2, 0) is 11.3 Å². The molecule has 0 spiro atoms. The van der Waals surface area contributed by atoms with Crippen molar-refractivity contribution in [3.63, 3.8) is 0 Å². The molecule has 0 fully saturated rings. The van der Waals surface area contributed by atoms with Crippen LogP contribution in [0.4, 0.5) is 19.1 Å². The highest BCUT2D eigenvalue weighted by atomic mass is 19.4. The molecule has 1 aromatic heterocycles. The molecular formula is C16H12F3N3O. The molecule has 2 aromatic carbocycles. The first-order chi connectivity index (χ1) is 10.9. The van der Waals surface area contributed by atoms with Crippen LogP contribution in [0, 0.1) is 0 Å². The van der Waals surface area contributed by atoms with Crippen molar-refractivity contribution in [2.24, 2.45) is 0 Å². The number of H-pyrrole nitrogens is 1. The predicted molar refractivity (Wildman–Crippen MR) is 79.8 cm³/mol. The van der Waals surface area contributed by atoms with Crippen LogP contribution in [0.25, 0.3) is 11.0 Å². The summed E-state index contributed by atoms with van der Waals surface area (Å²) in [6, 6.07) is 15.3. The minimum absolute atomic E-state index is 0.127. The molecule has 0 unspecified atom stereocenters. The fourth-order valence-electron chi connectivity index (χ4n) is 2.23. The highest BCUT2D eigenvalue weighted by Crippen LogP contribution is 2.25. The molecule has 1 amide bonds. The van der Waals surface area contributed by atoms with Crippen LogP contribution in [0.2, 0.25) is 0 Å². The van der Waals surface area contributed by atoms with Gasteiger partial charge in [-0.05, 0) is 17.7 Å². The lowest BCUT2D eigenvalue weighted by Crippen LogP contribution is -2.41. The number of nitrogens with zero attached hydrogens (tertiary/aromatic N) is 2. The number of hydrogen-bond donors (Lipinski definition) is 1. The number of aromatic amines is 1. The first-order valence-corrected chi connectivity index (χ1v) is 6.82. The fourth-order valence-corrected chi connectivity index (χ4v) is 2.23. The SMILES string of the molecule is O=C(N(Cc1ccccc1)c1nc2ccccc2[nH]1)C(F)(F)F. The van der Waals surface area contributed by atoms with Gasteiger partial charge < -0.3 is 4.98 Å². The number of carbonyl (C=O) groups excluding carboxylic acids is 1. The Hall–Kier alpha value is -2.83. The topological polar surface area (TPSA) is 49.0 Å². The number of aromatic nitrogens is 2. The van der Waals surface area contributed by atoms with Crippen LogP contribution in [0.15, 0.2) is 54.6 Å². The summed E-state index contributed by atoms with van der Waals surface area (Å²) in [4.78, 5) is 19.3. The van der Waals surface area contributed by atoms with Gasteiger partial charge >= 0.3 is 12.1 Å². The normalized spacial score (nSPS) is 11.6. The Bertz CT molecular complexity index is 794. The summed E-state index contributed by atoms with van der Waals surface area (Å²) < 4.78 is 38.7. The van der Waals surface area contributed by atoms with E-state index in [0.29, 0.717) is 21.5 Å².